The molecule has 186 valence electrons. The number of fused-ring (bicyclic) bond motifs is 6. The maximum atomic E-state index is 12.5. The third-order valence-corrected chi connectivity index (χ3v) is 8.52. The predicted octanol–water partition coefficient (Wildman–Crippen LogP) is 7.14. The summed E-state index contributed by atoms with van der Waals surface area (Å²) in [6, 6.07) is 14.7. The Hall–Kier alpha value is -2.62. The number of esters is 1. The molecular formula is C31H38O4. The zero-order chi connectivity index (χ0) is 24.4. The molecule has 0 bridgehead atoms. The molecule has 4 nitrogen and oxygen atoms in total. The van der Waals surface area contributed by atoms with Crippen molar-refractivity contribution in [3.8, 4) is 11.5 Å². The van der Waals surface area contributed by atoms with Gasteiger partial charge in [0.05, 0.1) is 6.10 Å². The van der Waals surface area contributed by atoms with Crippen molar-refractivity contribution in [2.45, 2.75) is 96.0 Å². The Kier molecular flexibility index (Phi) is 7.27. The van der Waals surface area contributed by atoms with Crippen LogP contribution < -0.4 is 9.47 Å². The number of Topliss-reactive ketones (excluding diaryl/α,β-unsaturated/α-hetero) is 1. The molecule has 2 aromatic rings. The van der Waals surface area contributed by atoms with E-state index in [0.717, 1.165) is 37.0 Å². The Balaban J connectivity index is 1.41. The highest BCUT2D eigenvalue weighted by Gasteiger charge is 2.47. The van der Waals surface area contributed by atoms with Gasteiger partial charge in [-0.25, -0.2) is 0 Å². The number of ketones is 1. The van der Waals surface area contributed by atoms with Gasteiger partial charge in [0.1, 0.15) is 17.3 Å². The minimum absolute atomic E-state index is 0.0664. The smallest absolute Gasteiger partial charge is 0.308 e. The number of aryl methyl sites for hydroxylation is 1. The Labute approximate surface area is 209 Å². The van der Waals surface area contributed by atoms with Crippen molar-refractivity contribution in [1.82, 2.24) is 0 Å². The van der Waals surface area contributed by atoms with E-state index < -0.39 is 0 Å². The van der Waals surface area contributed by atoms with E-state index >= 15 is 0 Å². The maximum Gasteiger partial charge on any atom is 0.308 e. The van der Waals surface area contributed by atoms with Crippen LogP contribution in [0.15, 0.2) is 42.5 Å². The maximum absolute atomic E-state index is 12.5. The first-order chi connectivity index (χ1) is 17.0. The minimum atomic E-state index is -0.315. The summed E-state index contributed by atoms with van der Waals surface area (Å²) in [6.07, 6.45) is 10.3. The number of carbonyl (C=O) groups is 2. The van der Waals surface area contributed by atoms with E-state index in [1.54, 1.807) is 0 Å². The summed E-state index contributed by atoms with van der Waals surface area (Å²) in [5.41, 5.74) is 3.74. The molecule has 2 aromatic carbocycles. The fraction of sp³-hybridized carbons (Fsp3) is 0.548. The lowest BCUT2D eigenvalue weighted by Crippen LogP contribution is -2.39. The summed E-state index contributed by atoms with van der Waals surface area (Å²) in [5.74, 6) is 3.21. The average Bonchev–Trinajstić information content (AvgIpc) is 2.84. The number of hydrogen-bond acceptors (Lipinski definition) is 4. The van der Waals surface area contributed by atoms with Crippen molar-refractivity contribution in [3.63, 3.8) is 0 Å². The summed E-state index contributed by atoms with van der Waals surface area (Å²) in [7, 11) is 0. The third-order valence-electron chi connectivity index (χ3n) is 8.52. The van der Waals surface area contributed by atoms with Gasteiger partial charge in [0.25, 0.3) is 0 Å². The van der Waals surface area contributed by atoms with Crippen LogP contribution in [0, 0.1) is 11.8 Å². The molecule has 5 rings (SSSR count). The van der Waals surface area contributed by atoms with Crippen LogP contribution in [0.3, 0.4) is 0 Å². The first kappa shape index (κ1) is 24.1. The van der Waals surface area contributed by atoms with Crippen LogP contribution in [0.1, 0.15) is 100 Å². The highest BCUT2D eigenvalue weighted by atomic mass is 16.5. The molecule has 5 unspecified atom stereocenters. The van der Waals surface area contributed by atoms with Crippen molar-refractivity contribution in [3.05, 3.63) is 59.2 Å². The molecule has 4 heteroatoms. The van der Waals surface area contributed by atoms with E-state index in [9.17, 15) is 9.59 Å². The van der Waals surface area contributed by atoms with E-state index in [1.807, 2.05) is 12.1 Å². The van der Waals surface area contributed by atoms with E-state index in [1.165, 1.54) is 43.7 Å². The molecule has 3 aliphatic carbocycles. The topological polar surface area (TPSA) is 52.6 Å². The van der Waals surface area contributed by atoms with Crippen LogP contribution >= 0.6 is 0 Å². The zero-order valence-corrected chi connectivity index (χ0v) is 21.1. The second kappa shape index (κ2) is 10.6. The van der Waals surface area contributed by atoms with Gasteiger partial charge in [0, 0.05) is 31.4 Å². The van der Waals surface area contributed by atoms with Gasteiger partial charge in [-0.1, -0.05) is 43.2 Å². The predicted molar refractivity (Wildman–Crippen MR) is 137 cm³/mol. The van der Waals surface area contributed by atoms with Crippen molar-refractivity contribution >= 4 is 11.8 Å². The van der Waals surface area contributed by atoms with Gasteiger partial charge < -0.3 is 9.47 Å². The lowest BCUT2D eigenvalue weighted by molar-refractivity contribution is -0.132. The molecule has 35 heavy (non-hydrogen) atoms. The molecule has 0 heterocycles. The standard InChI is InChI=1S/C31H38O4/c1-20(9-8-12-22-10-4-3-5-11-22)34-24-18-29-26-14-7-6-13-25(26)27-16-15-23(33)17-28(27)31(29)30(19-24)35-21(2)32/h3-5,10-11,18-20,25-28H,6-9,12-17H2,1-2H3. The number of rotatable bonds is 7. The lowest BCUT2D eigenvalue weighted by atomic mass is 9.55. The van der Waals surface area contributed by atoms with E-state index in [2.05, 4.69) is 37.3 Å². The molecule has 5 atom stereocenters. The van der Waals surface area contributed by atoms with Gasteiger partial charge >= 0.3 is 5.97 Å². The first-order valence-corrected chi connectivity index (χ1v) is 13.6. The van der Waals surface area contributed by atoms with Gasteiger partial charge in [0.2, 0.25) is 0 Å². The Bertz CT molecular complexity index is 1060. The van der Waals surface area contributed by atoms with Crippen LogP contribution in [0.5, 0.6) is 11.5 Å². The lowest BCUT2D eigenvalue weighted by Gasteiger charge is -2.49. The number of carbonyl (C=O) groups excluding carboxylic acids is 2. The van der Waals surface area contributed by atoms with E-state index in [0.29, 0.717) is 42.1 Å². The van der Waals surface area contributed by atoms with Crippen LogP contribution in [0.25, 0.3) is 0 Å². The Morgan fingerprint density at radius 3 is 2.60 bits per heavy atom. The van der Waals surface area contributed by atoms with Crippen LogP contribution in [-0.4, -0.2) is 17.9 Å². The number of hydrogen-bond donors (Lipinski definition) is 0. The molecule has 0 saturated heterocycles. The fourth-order valence-corrected chi connectivity index (χ4v) is 7.08. The Morgan fingerprint density at radius 1 is 1.03 bits per heavy atom. The van der Waals surface area contributed by atoms with Crippen molar-refractivity contribution < 1.29 is 19.1 Å². The molecule has 2 saturated carbocycles. The van der Waals surface area contributed by atoms with Gasteiger partial charge in [-0.2, -0.15) is 0 Å². The van der Waals surface area contributed by atoms with Crippen molar-refractivity contribution in [1.29, 1.82) is 0 Å². The SMILES string of the molecule is CC(=O)Oc1cc(OC(C)CCCc2ccccc2)cc2c1C1CC(=O)CCC1C1CCCCC21. The molecule has 3 aliphatic rings. The van der Waals surface area contributed by atoms with Gasteiger partial charge in [0.15, 0.2) is 0 Å². The first-order valence-electron chi connectivity index (χ1n) is 13.6. The van der Waals surface area contributed by atoms with E-state index in [4.69, 9.17) is 9.47 Å². The van der Waals surface area contributed by atoms with Crippen LogP contribution in [0.2, 0.25) is 0 Å². The third kappa shape index (κ3) is 5.32. The normalized spacial score (nSPS) is 26.2. The summed E-state index contributed by atoms with van der Waals surface area (Å²) in [6.45, 7) is 3.58. The second-order valence-electron chi connectivity index (χ2n) is 10.9. The zero-order valence-electron chi connectivity index (χ0n) is 21.1. The fourth-order valence-electron chi connectivity index (χ4n) is 7.08. The molecule has 0 radical (unpaired) electrons. The van der Waals surface area contributed by atoms with Crippen LogP contribution in [0.4, 0.5) is 0 Å². The monoisotopic (exact) mass is 474 g/mol. The Morgan fingerprint density at radius 2 is 1.80 bits per heavy atom. The van der Waals surface area contributed by atoms with Gasteiger partial charge in [-0.05, 0) is 86.3 Å². The summed E-state index contributed by atoms with van der Waals surface area (Å²) in [4.78, 5) is 24.6. The summed E-state index contributed by atoms with van der Waals surface area (Å²) in [5, 5.41) is 0. The molecule has 0 N–H and O–H groups in total. The second-order valence-corrected chi connectivity index (χ2v) is 10.9. The van der Waals surface area contributed by atoms with E-state index in [-0.39, 0.29) is 18.0 Å². The van der Waals surface area contributed by atoms with Gasteiger partial charge in [-0.3, -0.25) is 9.59 Å². The molecule has 0 spiro atoms. The largest absolute Gasteiger partial charge is 0.491 e. The molecule has 0 amide bonds. The molecule has 0 aromatic heterocycles. The molecule has 2 fully saturated rings. The highest BCUT2D eigenvalue weighted by Crippen LogP contribution is 2.59. The number of benzene rings is 2. The summed E-state index contributed by atoms with van der Waals surface area (Å²) < 4.78 is 12.2. The number of ether oxygens (including phenoxy) is 2. The summed E-state index contributed by atoms with van der Waals surface area (Å²) >= 11 is 0. The van der Waals surface area contributed by atoms with Gasteiger partial charge in [-0.15, -0.1) is 0 Å². The van der Waals surface area contributed by atoms with Crippen LogP contribution in [-0.2, 0) is 16.0 Å². The quantitative estimate of drug-likeness (QED) is 0.316. The highest BCUT2D eigenvalue weighted by molar-refractivity contribution is 5.81. The average molecular weight is 475 g/mol. The molecular weight excluding hydrogens is 436 g/mol. The van der Waals surface area contributed by atoms with Crippen molar-refractivity contribution in [2.24, 2.45) is 11.8 Å². The molecule has 0 aliphatic heterocycles. The minimum Gasteiger partial charge on any atom is -0.491 e. The van der Waals surface area contributed by atoms with Crippen molar-refractivity contribution in [2.75, 3.05) is 0 Å².